The quantitative estimate of drug-likeness (QED) is 0.309. The summed E-state index contributed by atoms with van der Waals surface area (Å²) >= 11 is 0. The van der Waals surface area contributed by atoms with Gasteiger partial charge >= 0.3 is 0 Å². The molecule has 4 aromatic carbocycles. The summed E-state index contributed by atoms with van der Waals surface area (Å²) in [5.41, 5.74) is 7.68. The van der Waals surface area contributed by atoms with Gasteiger partial charge in [-0.05, 0) is 59.4 Å². The van der Waals surface area contributed by atoms with Crippen molar-refractivity contribution in [3.8, 4) is 22.3 Å². The third-order valence-corrected chi connectivity index (χ3v) is 7.11. The Hall–Kier alpha value is -2.42. The molecule has 2 heteroatoms. The molecular weight excluding hydrogens is 376 g/mol. The van der Waals surface area contributed by atoms with Gasteiger partial charge in [-0.1, -0.05) is 107 Å². The van der Waals surface area contributed by atoms with E-state index < -0.39 is 0 Å². The van der Waals surface area contributed by atoms with Crippen molar-refractivity contribution in [3.63, 3.8) is 0 Å². The fourth-order valence-electron chi connectivity index (χ4n) is 3.20. The lowest BCUT2D eigenvalue weighted by Crippen LogP contribution is -1.85. The standard InChI is InChI=1S/C26H22S2/c1-19-13-15-23(21-9-5-3-6-10-21)25(17-19)27-28-26-18-20(2)14-16-24(26)22-11-7-4-8-12-22/h3-18H,1-2H3. The Balaban J connectivity index is 1.68. The highest BCUT2D eigenvalue weighted by Crippen LogP contribution is 2.45. The van der Waals surface area contributed by atoms with Crippen LogP contribution in [-0.4, -0.2) is 0 Å². The van der Waals surface area contributed by atoms with E-state index in [9.17, 15) is 0 Å². The van der Waals surface area contributed by atoms with Gasteiger partial charge in [-0.3, -0.25) is 0 Å². The number of rotatable bonds is 5. The third kappa shape index (κ3) is 4.35. The Kier molecular flexibility index (Phi) is 5.90. The van der Waals surface area contributed by atoms with Crippen LogP contribution in [0.15, 0.2) is 107 Å². The van der Waals surface area contributed by atoms with E-state index in [-0.39, 0.29) is 0 Å². The molecule has 4 rings (SSSR count). The van der Waals surface area contributed by atoms with Gasteiger partial charge in [0.15, 0.2) is 0 Å². The maximum atomic E-state index is 2.29. The zero-order valence-electron chi connectivity index (χ0n) is 16.1. The van der Waals surface area contributed by atoms with E-state index in [4.69, 9.17) is 0 Å². The van der Waals surface area contributed by atoms with Crippen LogP contribution < -0.4 is 0 Å². The molecule has 0 saturated heterocycles. The minimum atomic E-state index is 1.26. The number of aryl methyl sites for hydroxylation is 2. The van der Waals surface area contributed by atoms with Crippen LogP contribution in [0.3, 0.4) is 0 Å². The molecule has 0 heterocycles. The van der Waals surface area contributed by atoms with Crippen LogP contribution in [-0.2, 0) is 0 Å². The zero-order chi connectivity index (χ0) is 19.3. The van der Waals surface area contributed by atoms with Crippen molar-refractivity contribution in [2.75, 3.05) is 0 Å². The monoisotopic (exact) mass is 398 g/mol. The summed E-state index contributed by atoms with van der Waals surface area (Å²) in [7, 11) is 3.69. The van der Waals surface area contributed by atoms with Gasteiger partial charge in [0.05, 0.1) is 0 Å². The molecule has 0 aliphatic carbocycles. The molecule has 0 unspecified atom stereocenters. The van der Waals surface area contributed by atoms with Crippen molar-refractivity contribution in [1.82, 2.24) is 0 Å². The number of hydrogen-bond donors (Lipinski definition) is 0. The summed E-state index contributed by atoms with van der Waals surface area (Å²) in [6.07, 6.45) is 0. The second kappa shape index (κ2) is 8.72. The summed E-state index contributed by atoms with van der Waals surface area (Å²) in [6.45, 7) is 4.32. The molecular formula is C26H22S2. The molecule has 0 atom stereocenters. The lowest BCUT2D eigenvalue weighted by Gasteiger charge is -2.13. The Labute approximate surface area is 175 Å². The first-order valence-corrected chi connectivity index (χ1v) is 11.5. The van der Waals surface area contributed by atoms with Gasteiger partial charge in [-0.2, -0.15) is 0 Å². The summed E-state index contributed by atoms with van der Waals surface area (Å²) in [5, 5.41) is 0. The highest BCUT2D eigenvalue weighted by molar-refractivity contribution is 8.76. The van der Waals surface area contributed by atoms with Crippen LogP contribution in [0.4, 0.5) is 0 Å². The average molecular weight is 399 g/mol. The van der Waals surface area contributed by atoms with E-state index in [1.165, 1.54) is 43.2 Å². The molecule has 0 N–H and O–H groups in total. The minimum Gasteiger partial charge on any atom is -0.0622 e. The number of hydrogen-bond acceptors (Lipinski definition) is 2. The zero-order valence-corrected chi connectivity index (χ0v) is 17.7. The van der Waals surface area contributed by atoms with Crippen LogP contribution in [0.1, 0.15) is 11.1 Å². The van der Waals surface area contributed by atoms with Crippen LogP contribution in [0, 0.1) is 13.8 Å². The summed E-state index contributed by atoms with van der Waals surface area (Å²) in [6, 6.07) is 34.7. The average Bonchev–Trinajstić information content (AvgIpc) is 2.74. The first-order chi connectivity index (χ1) is 13.7. The molecule has 0 nitrogen and oxygen atoms in total. The minimum absolute atomic E-state index is 1.26. The van der Waals surface area contributed by atoms with Gasteiger partial charge in [0.1, 0.15) is 0 Å². The van der Waals surface area contributed by atoms with E-state index in [0.29, 0.717) is 0 Å². The van der Waals surface area contributed by atoms with Crippen LogP contribution in [0.2, 0.25) is 0 Å². The molecule has 0 spiro atoms. The van der Waals surface area contributed by atoms with Gasteiger partial charge in [-0.25, -0.2) is 0 Å². The van der Waals surface area contributed by atoms with Crippen molar-refractivity contribution in [2.24, 2.45) is 0 Å². The molecule has 0 radical (unpaired) electrons. The molecule has 0 aromatic heterocycles. The van der Waals surface area contributed by atoms with E-state index >= 15 is 0 Å². The topological polar surface area (TPSA) is 0 Å². The second-order valence-corrected chi connectivity index (χ2v) is 9.11. The highest BCUT2D eigenvalue weighted by Gasteiger charge is 2.11. The van der Waals surface area contributed by atoms with Crippen LogP contribution in [0.5, 0.6) is 0 Å². The molecule has 4 aromatic rings. The lowest BCUT2D eigenvalue weighted by molar-refractivity contribution is 1.36. The van der Waals surface area contributed by atoms with E-state index in [0.717, 1.165) is 0 Å². The van der Waals surface area contributed by atoms with Crippen molar-refractivity contribution in [2.45, 2.75) is 23.6 Å². The van der Waals surface area contributed by atoms with E-state index in [1.807, 2.05) is 21.6 Å². The van der Waals surface area contributed by atoms with Crippen LogP contribution in [0.25, 0.3) is 22.3 Å². The SMILES string of the molecule is Cc1ccc(-c2ccccc2)c(SSc2cc(C)ccc2-c2ccccc2)c1. The van der Waals surface area contributed by atoms with Crippen molar-refractivity contribution in [3.05, 3.63) is 108 Å². The summed E-state index contributed by atoms with van der Waals surface area (Å²) in [4.78, 5) is 2.61. The predicted octanol–water partition coefficient (Wildman–Crippen LogP) is 8.44. The van der Waals surface area contributed by atoms with Gasteiger partial charge in [-0.15, -0.1) is 0 Å². The molecule has 0 amide bonds. The Morgan fingerprint density at radius 3 is 1.25 bits per heavy atom. The smallest absolute Gasteiger partial charge is 0.0267 e. The van der Waals surface area contributed by atoms with Crippen LogP contribution >= 0.6 is 21.6 Å². The fourth-order valence-corrected chi connectivity index (χ4v) is 5.76. The van der Waals surface area contributed by atoms with Crippen molar-refractivity contribution < 1.29 is 0 Å². The molecule has 28 heavy (non-hydrogen) atoms. The van der Waals surface area contributed by atoms with Gasteiger partial charge in [0, 0.05) is 9.79 Å². The van der Waals surface area contributed by atoms with E-state index in [1.54, 1.807) is 0 Å². The largest absolute Gasteiger partial charge is 0.0622 e. The second-order valence-electron chi connectivity index (χ2n) is 6.90. The Morgan fingerprint density at radius 2 is 0.857 bits per heavy atom. The van der Waals surface area contributed by atoms with Gasteiger partial charge in [0.25, 0.3) is 0 Å². The highest BCUT2D eigenvalue weighted by atomic mass is 33.1. The summed E-state index contributed by atoms with van der Waals surface area (Å²) in [5.74, 6) is 0. The Bertz CT molecular complexity index is 981. The molecule has 0 saturated carbocycles. The maximum absolute atomic E-state index is 2.29. The third-order valence-electron chi connectivity index (χ3n) is 4.67. The molecule has 138 valence electrons. The Morgan fingerprint density at radius 1 is 0.464 bits per heavy atom. The number of benzene rings is 4. The molecule has 0 fully saturated rings. The van der Waals surface area contributed by atoms with Crippen molar-refractivity contribution >= 4 is 21.6 Å². The molecule has 0 bridgehead atoms. The first-order valence-electron chi connectivity index (χ1n) is 9.37. The molecule has 0 aliphatic heterocycles. The van der Waals surface area contributed by atoms with Gasteiger partial charge in [0.2, 0.25) is 0 Å². The summed E-state index contributed by atoms with van der Waals surface area (Å²) < 4.78 is 0. The maximum Gasteiger partial charge on any atom is 0.0267 e. The normalized spacial score (nSPS) is 10.8. The van der Waals surface area contributed by atoms with E-state index in [2.05, 4.69) is 111 Å². The van der Waals surface area contributed by atoms with Crippen molar-refractivity contribution in [1.29, 1.82) is 0 Å². The fraction of sp³-hybridized carbons (Fsp3) is 0.0769. The van der Waals surface area contributed by atoms with Gasteiger partial charge < -0.3 is 0 Å². The molecule has 0 aliphatic rings. The predicted molar refractivity (Wildman–Crippen MR) is 125 cm³/mol. The first kappa shape index (κ1) is 18.9. The lowest BCUT2D eigenvalue weighted by atomic mass is 10.0.